The van der Waals surface area contributed by atoms with Crippen LogP contribution in [0.4, 0.5) is 0 Å². The number of hydrogen-bond donors (Lipinski definition) is 0. The summed E-state index contributed by atoms with van der Waals surface area (Å²) in [6.07, 6.45) is 8.59. The van der Waals surface area contributed by atoms with E-state index in [1.807, 2.05) is 18.2 Å². The van der Waals surface area contributed by atoms with Gasteiger partial charge in [-0.05, 0) is 46.9 Å². The average molecular weight is 601 g/mol. The molecule has 0 aliphatic heterocycles. The topological polar surface area (TPSA) is 43.1 Å². The van der Waals surface area contributed by atoms with Gasteiger partial charge in [0.2, 0.25) is 0 Å². The molecule has 0 atom stereocenters. The van der Waals surface area contributed by atoms with E-state index in [4.69, 9.17) is 15.0 Å². The molecule has 4 heteroatoms. The minimum atomic E-state index is 0.676. The maximum absolute atomic E-state index is 5.21. The molecule has 1 aliphatic carbocycles. The summed E-state index contributed by atoms with van der Waals surface area (Å²) in [7, 11) is 0. The van der Waals surface area contributed by atoms with E-state index in [2.05, 4.69) is 132 Å². The van der Waals surface area contributed by atoms with E-state index < -0.39 is 0 Å². The van der Waals surface area contributed by atoms with Crippen molar-refractivity contribution < 1.29 is 0 Å². The Bertz CT molecular complexity index is 2730. The van der Waals surface area contributed by atoms with Gasteiger partial charge in [0.15, 0.2) is 17.5 Å². The minimum Gasteiger partial charge on any atom is -0.308 e. The molecule has 0 spiro atoms. The fourth-order valence-electron chi connectivity index (χ4n) is 7.46. The first-order valence-electron chi connectivity index (χ1n) is 16.2. The lowest BCUT2D eigenvalue weighted by atomic mass is 9.93. The monoisotopic (exact) mass is 600 g/mol. The van der Waals surface area contributed by atoms with Crippen LogP contribution in [0.25, 0.3) is 88.3 Å². The van der Waals surface area contributed by atoms with Crippen molar-refractivity contribution in [3.05, 3.63) is 151 Å². The van der Waals surface area contributed by atoms with Gasteiger partial charge < -0.3 is 4.40 Å². The van der Waals surface area contributed by atoms with Gasteiger partial charge in [-0.25, -0.2) is 15.0 Å². The summed E-state index contributed by atoms with van der Waals surface area (Å²) in [5.41, 5.74) is 8.96. The first kappa shape index (κ1) is 26.1. The molecule has 4 nitrogen and oxygen atoms in total. The van der Waals surface area contributed by atoms with Crippen molar-refractivity contribution in [1.82, 2.24) is 19.4 Å². The Hall–Kier alpha value is -6.13. The number of benzene rings is 6. The minimum absolute atomic E-state index is 0.676. The molecule has 220 valence electrons. The molecular weight excluding hydrogens is 573 g/mol. The summed E-state index contributed by atoms with van der Waals surface area (Å²) in [5.74, 6) is 2.06. The second kappa shape index (κ2) is 10.2. The molecule has 1 aliphatic rings. The van der Waals surface area contributed by atoms with Gasteiger partial charge in [-0.3, -0.25) is 0 Å². The fraction of sp³-hybridized carbons (Fsp3) is 0.0465. The predicted octanol–water partition coefficient (Wildman–Crippen LogP) is 10.9. The summed E-state index contributed by atoms with van der Waals surface area (Å²) < 4.78 is 2.44. The SMILES string of the molecule is C1=CC(c2nc(-c3ccccc3)nc(-c3c(-c4ccc5c6cccc7c8ccccc8n(c5c4)c76)ccc4ccccc34)n2)=CCC1. The van der Waals surface area contributed by atoms with Crippen molar-refractivity contribution in [2.75, 3.05) is 0 Å². The number of allylic oxidation sites excluding steroid dienone is 4. The third-order valence-corrected chi connectivity index (χ3v) is 9.61. The highest BCUT2D eigenvalue weighted by atomic mass is 15.0. The van der Waals surface area contributed by atoms with Gasteiger partial charge in [-0.2, -0.15) is 0 Å². The van der Waals surface area contributed by atoms with Crippen LogP contribution in [0.1, 0.15) is 18.7 Å². The zero-order valence-corrected chi connectivity index (χ0v) is 25.6. The molecule has 0 radical (unpaired) electrons. The smallest absolute Gasteiger partial charge is 0.165 e. The highest BCUT2D eigenvalue weighted by Gasteiger charge is 2.21. The molecule has 0 fully saturated rings. The summed E-state index contributed by atoms with van der Waals surface area (Å²) in [5, 5.41) is 7.38. The molecule has 47 heavy (non-hydrogen) atoms. The quantitative estimate of drug-likeness (QED) is 0.202. The maximum Gasteiger partial charge on any atom is 0.165 e. The molecule has 0 unspecified atom stereocenters. The second-order valence-electron chi connectivity index (χ2n) is 12.3. The number of rotatable bonds is 4. The van der Waals surface area contributed by atoms with Crippen molar-refractivity contribution in [2.45, 2.75) is 12.8 Å². The van der Waals surface area contributed by atoms with E-state index >= 15 is 0 Å². The average Bonchev–Trinajstić information content (AvgIpc) is 3.67. The molecule has 0 bridgehead atoms. The standard InChI is InChI=1S/C43H28N4/c1-3-13-28(14-4-1)41-44-42(29-15-5-2-6-16-29)46-43(45-41)39-31-17-8-7-12-27(31)22-24-32(39)30-23-25-34-36-20-11-19-35-33-18-9-10-21-37(33)47(40(35)36)38(34)26-30/h1,3-5,7-26H,2,6H2. The molecular formula is C43H28N4. The molecule has 3 heterocycles. The van der Waals surface area contributed by atoms with Gasteiger partial charge in [0.05, 0.1) is 16.6 Å². The lowest BCUT2D eigenvalue weighted by Gasteiger charge is -2.15. The van der Waals surface area contributed by atoms with Crippen LogP contribution in [-0.4, -0.2) is 19.4 Å². The first-order valence-corrected chi connectivity index (χ1v) is 16.2. The molecule has 0 N–H and O–H groups in total. The van der Waals surface area contributed by atoms with Crippen molar-refractivity contribution in [1.29, 1.82) is 0 Å². The lowest BCUT2D eigenvalue weighted by Crippen LogP contribution is -2.04. The van der Waals surface area contributed by atoms with Crippen molar-refractivity contribution in [3.63, 3.8) is 0 Å². The van der Waals surface area contributed by atoms with Crippen molar-refractivity contribution in [2.24, 2.45) is 0 Å². The van der Waals surface area contributed by atoms with Crippen LogP contribution in [0.3, 0.4) is 0 Å². The highest BCUT2D eigenvalue weighted by molar-refractivity contribution is 6.23. The van der Waals surface area contributed by atoms with Gasteiger partial charge in [0, 0.05) is 38.2 Å². The van der Waals surface area contributed by atoms with Crippen LogP contribution >= 0.6 is 0 Å². The summed E-state index contributed by atoms with van der Waals surface area (Å²) >= 11 is 0. The Morgan fingerprint density at radius 3 is 2.06 bits per heavy atom. The Kier molecular flexibility index (Phi) is 5.67. The molecule has 9 aromatic rings. The zero-order valence-electron chi connectivity index (χ0n) is 25.6. The largest absolute Gasteiger partial charge is 0.308 e. The van der Waals surface area contributed by atoms with Crippen LogP contribution in [0.2, 0.25) is 0 Å². The molecule has 10 rings (SSSR count). The predicted molar refractivity (Wildman–Crippen MR) is 195 cm³/mol. The van der Waals surface area contributed by atoms with Crippen LogP contribution in [-0.2, 0) is 0 Å². The van der Waals surface area contributed by atoms with E-state index in [0.29, 0.717) is 17.5 Å². The molecule has 0 saturated carbocycles. The third kappa shape index (κ3) is 3.98. The maximum atomic E-state index is 5.21. The van der Waals surface area contributed by atoms with Gasteiger partial charge in [-0.1, -0.05) is 133 Å². The Balaban J connectivity index is 1.27. The number of aromatic nitrogens is 4. The molecule has 0 saturated heterocycles. The number of fused-ring (bicyclic) bond motifs is 7. The Morgan fingerprint density at radius 2 is 1.21 bits per heavy atom. The van der Waals surface area contributed by atoms with Crippen LogP contribution in [0, 0.1) is 0 Å². The number of hydrogen-bond acceptors (Lipinski definition) is 3. The van der Waals surface area contributed by atoms with E-state index in [-0.39, 0.29) is 0 Å². The number of nitrogens with zero attached hydrogens (tertiary/aromatic N) is 4. The zero-order chi connectivity index (χ0) is 30.9. The number of para-hydroxylation sites is 2. The van der Waals surface area contributed by atoms with E-state index in [1.54, 1.807) is 0 Å². The second-order valence-corrected chi connectivity index (χ2v) is 12.3. The van der Waals surface area contributed by atoms with Crippen LogP contribution < -0.4 is 0 Å². The highest BCUT2D eigenvalue weighted by Crippen LogP contribution is 2.42. The Morgan fingerprint density at radius 1 is 0.489 bits per heavy atom. The Labute approximate surface area is 271 Å². The van der Waals surface area contributed by atoms with Crippen molar-refractivity contribution in [3.8, 4) is 33.9 Å². The van der Waals surface area contributed by atoms with E-state index in [1.165, 1.54) is 38.1 Å². The van der Waals surface area contributed by atoms with Gasteiger partial charge in [-0.15, -0.1) is 0 Å². The first-order chi connectivity index (χ1) is 23.3. The normalized spacial score (nSPS) is 13.4. The van der Waals surface area contributed by atoms with E-state index in [9.17, 15) is 0 Å². The van der Waals surface area contributed by atoms with Gasteiger partial charge in [0.25, 0.3) is 0 Å². The molecule has 6 aromatic carbocycles. The summed E-state index contributed by atoms with van der Waals surface area (Å²) in [4.78, 5) is 15.4. The van der Waals surface area contributed by atoms with E-state index in [0.717, 1.165) is 51.4 Å². The summed E-state index contributed by atoms with van der Waals surface area (Å²) in [6, 6.07) is 45.5. The summed E-state index contributed by atoms with van der Waals surface area (Å²) in [6.45, 7) is 0. The third-order valence-electron chi connectivity index (χ3n) is 9.61. The van der Waals surface area contributed by atoms with Crippen LogP contribution in [0.15, 0.2) is 146 Å². The van der Waals surface area contributed by atoms with Crippen LogP contribution in [0.5, 0.6) is 0 Å². The van der Waals surface area contributed by atoms with Gasteiger partial charge >= 0.3 is 0 Å². The fourth-order valence-corrected chi connectivity index (χ4v) is 7.46. The molecule has 3 aromatic heterocycles. The lowest BCUT2D eigenvalue weighted by molar-refractivity contribution is 1.01. The van der Waals surface area contributed by atoms with Gasteiger partial charge in [0.1, 0.15) is 0 Å². The molecule has 0 amide bonds. The van der Waals surface area contributed by atoms with Crippen molar-refractivity contribution >= 4 is 54.4 Å².